The lowest BCUT2D eigenvalue weighted by Crippen LogP contribution is -2.13. The van der Waals surface area contributed by atoms with E-state index < -0.39 is 17.7 Å². The first-order valence-corrected chi connectivity index (χ1v) is 6.58. The summed E-state index contributed by atoms with van der Waals surface area (Å²) in [4.78, 5) is 7.48. The molecule has 0 saturated carbocycles. The van der Waals surface area contributed by atoms with Gasteiger partial charge >= 0.3 is 6.18 Å². The summed E-state index contributed by atoms with van der Waals surface area (Å²) in [7, 11) is 2.98. The number of aromatic nitrogens is 4. The Morgan fingerprint density at radius 3 is 2.65 bits per heavy atom. The Morgan fingerprint density at radius 2 is 2.09 bits per heavy atom. The number of hydrogen-bond acceptors (Lipinski definition) is 6. The summed E-state index contributed by atoms with van der Waals surface area (Å²) in [5.41, 5.74) is -0.410. The molecule has 0 fully saturated rings. The van der Waals surface area contributed by atoms with Crippen LogP contribution in [0.2, 0.25) is 0 Å². The van der Waals surface area contributed by atoms with E-state index in [9.17, 15) is 13.2 Å². The van der Waals surface area contributed by atoms with Crippen molar-refractivity contribution in [1.29, 1.82) is 5.26 Å². The highest BCUT2D eigenvalue weighted by molar-refractivity contribution is 5.54. The van der Waals surface area contributed by atoms with Crippen LogP contribution < -0.4 is 10.6 Å². The predicted molar refractivity (Wildman–Crippen MR) is 77.1 cm³/mol. The minimum Gasteiger partial charge on any atom is -0.372 e. The molecule has 2 rings (SSSR count). The van der Waals surface area contributed by atoms with Crippen LogP contribution in [-0.2, 0) is 13.2 Å². The van der Waals surface area contributed by atoms with E-state index >= 15 is 0 Å². The number of rotatable bonds is 4. The molecule has 0 aliphatic carbocycles. The largest absolute Gasteiger partial charge is 0.421 e. The summed E-state index contributed by atoms with van der Waals surface area (Å²) in [6.45, 7) is 1.69. The van der Waals surface area contributed by atoms with Gasteiger partial charge in [-0.1, -0.05) is 0 Å². The highest BCUT2D eigenvalue weighted by Crippen LogP contribution is 2.33. The van der Waals surface area contributed by atoms with Gasteiger partial charge in [-0.2, -0.15) is 28.5 Å². The summed E-state index contributed by atoms with van der Waals surface area (Å²) >= 11 is 0. The molecule has 10 heteroatoms. The molecule has 0 aliphatic rings. The molecule has 2 heterocycles. The Labute approximate surface area is 130 Å². The van der Waals surface area contributed by atoms with E-state index in [0.717, 1.165) is 0 Å². The van der Waals surface area contributed by atoms with Crippen molar-refractivity contribution in [3.63, 3.8) is 0 Å². The summed E-state index contributed by atoms with van der Waals surface area (Å²) in [5, 5.41) is 18.2. The molecule has 0 amide bonds. The van der Waals surface area contributed by atoms with E-state index in [4.69, 9.17) is 5.26 Å². The first kappa shape index (κ1) is 16.5. The predicted octanol–water partition coefficient (Wildman–Crippen LogP) is 2.64. The van der Waals surface area contributed by atoms with Crippen LogP contribution in [0.25, 0.3) is 0 Å². The van der Waals surface area contributed by atoms with Gasteiger partial charge in [0.05, 0.1) is 17.7 Å². The molecule has 1 unspecified atom stereocenters. The molecule has 0 aliphatic heterocycles. The van der Waals surface area contributed by atoms with Gasteiger partial charge in [-0.3, -0.25) is 4.68 Å². The average Bonchev–Trinajstić information content (AvgIpc) is 2.86. The Hall–Kier alpha value is -2.83. The van der Waals surface area contributed by atoms with Crippen LogP contribution >= 0.6 is 0 Å². The maximum absolute atomic E-state index is 12.8. The molecule has 0 spiro atoms. The topological polar surface area (TPSA) is 91.5 Å². The lowest BCUT2D eigenvalue weighted by Gasteiger charge is -2.12. The van der Waals surface area contributed by atoms with Gasteiger partial charge in [0.1, 0.15) is 17.2 Å². The fourth-order valence-electron chi connectivity index (χ4n) is 1.84. The van der Waals surface area contributed by atoms with E-state index in [2.05, 4.69) is 31.8 Å². The second kappa shape index (κ2) is 6.12. The van der Waals surface area contributed by atoms with E-state index in [1.54, 1.807) is 20.0 Å². The molecule has 0 radical (unpaired) electrons. The maximum Gasteiger partial charge on any atom is 0.421 e. The lowest BCUT2D eigenvalue weighted by atomic mass is 10.1. The monoisotopic (exact) mass is 325 g/mol. The maximum atomic E-state index is 12.8. The van der Waals surface area contributed by atoms with Crippen molar-refractivity contribution in [3.05, 3.63) is 23.5 Å². The highest BCUT2D eigenvalue weighted by Gasteiger charge is 2.35. The normalized spacial score (nSPS) is 12.6. The average molecular weight is 325 g/mol. The fourth-order valence-corrected chi connectivity index (χ4v) is 1.84. The van der Waals surface area contributed by atoms with Crippen LogP contribution in [0.4, 0.5) is 30.8 Å². The van der Waals surface area contributed by atoms with Crippen LogP contribution in [0, 0.1) is 11.3 Å². The van der Waals surface area contributed by atoms with Gasteiger partial charge in [0.2, 0.25) is 5.95 Å². The molecular weight excluding hydrogens is 311 g/mol. The van der Waals surface area contributed by atoms with Crippen molar-refractivity contribution >= 4 is 17.6 Å². The van der Waals surface area contributed by atoms with Crippen LogP contribution in [-0.4, -0.2) is 26.8 Å². The first-order valence-electron chi connectivity index (χ1n) is 6.58. The van der Waals surface area contributed by atoms with Gasteiger partial charge in [-0.25, -0.2) is 4.98 Å². The SMILES string of the molecule is CNc1nc(Nc2cc(C(C)C#N)nn2C)ncc1C(F)(F)F. The zero-order valence-corrected chi connectivity index (χ0v) is 12.6. The summed E-state index contributed by atoms with van der Waals surface area (Å²) in [6.07, 6.45) is -3.84. The minimum absolute atomic E-state index is 0.0125. The van der Waals surface area contributed by atoms with Crippen LogP contribution in [0.3, 0.4) is 0 Å². The van der Waals surface area contributed by atoms with E-state index in [1.807, 2.05) is 0 Å². The van der Waals surface area contributed by atoms with Crippen LogP contribution in [0.1, 0.15) is 24.1 Å². The van der Waals surface area contributed by atoms with Gasteiger partial charge < -0.3 is 10.6 Å². The number of nitrogens with one attached hydrogen (secondary N) is 2. The highest BCUT2D eigenvalue weighted by atomic mass is 19.4. The molecule has 2 N–H and O–H groups in total. The molecular formula is C13H14F3N7. The smallest absolute Gasteiger partial charge is 0.372 e. The van der Waals surface area contributed by atoms with Crippen LogP contribution in [0.15, 0.2) is 12.3 Å². The number of halogens is 3. The third kappa shape index (κ3) is 3.50. The Balaban J connectivity index is 2.31. The quantitative estimate of drug-likeness (QED) is 0.898. The van der Waals surface area contributed by atoms with Crippen LogP contribution in [0.5, 0.6) is 0 Å². The Kier molecular flexibility index (Phi) is 4.40. The van der Waals surface area contributed by atoms with Crippen molar-refractivity contribution in [2.24, 2.45) is 7.05 Å². The number of anilines is 3. The summed E-state index contributed by atoms with van der Waals surface area (Å²) in [5.74, 6) is -0.286. The number of aryl methyl sites for hydroxylation is 1. The van der Waals surface area contributed by atoms with E-state index in [0.29, 0.717) is 17.7 Å². The zero-order chi connectivity index (χ0) is 17.2. The fraction of sp³-hybridized carbons (Fsp3) is 0.385. The Bertz CT molecular complexity index is 745. The number of hydrogen-bond donors (Lipinski definition) is 2. The number of nitrogens with zero attached hydrogens (tertiary/aromatic N) is 5. The second-order valence-electron chi connectivity index (χ2n) is 4.76. The molecule has 0 aromatic carbocycles. The van der Waals surface area contributed by atoms with Crippen molar-refractivity contribution in [1.82, 2.24) is 19.7 Å². The van der Waals surface area contributed by atoms with Crippen molar-refractivity contribution in [2.75, 3.05) is 17.7 Å². The third-order valence-electron chi connectivity index (χ3n) is 3.11. The van der Waals surface area contributed by atoms with E-state index in [-0.39, 0.29) is 11.8 Å². The molecule has 0 bridgehead atoms. The Morgan fingerprint density at radius 1 is 1.39 bits per heavy atom. The van der Waals surface area contributed by atoms with Gasteiger partial charge in [-0.05, 0) is 6.92 Å². The minimum atomic E-state index is -4.54. The standard InChI is InChI=1S/C13H14F3N7/c1-7(5-17)9-4-10(23(3)22-9)20-12-19-6-8(13(14,15)16)11(18-2)21-12/h4,6-7H,1-3H3,(H2,18,19,20,21). The molecule has 2 aromatic rings. The number of alkyl halides is 3. The lowest BCUT2D eigenvalue weighted by molar-refractivity contribution is -0.137. The van der Waals surface area contributed by atoms with E-state index in [1.165, 1.54) is 11.7 Å². The molecule has 1 atom stereocenters. The zero-order valence-electron chi connectivity index (χ0n) is 12.6. The third-order valence-corrected chi connectivity index (χ3v) is 3.11. The van der Waals surface area contributed by atoms with Gasteiger partial charge in [0, 0.05) is 26.4 Å². The van der Waals surface area contributed by atoms with Crippen molar-refractivity contribution in [3.8, 4) is 6.07 Å². The van der Waals surface area contributed by atoms with Gasteiger partial charge in [-0.15, -0.1) is 0 Å². The van der Waals surface area contributed by atoms with Gasteiger partial charge in [0.15, 0.2) is 0 Å². The molecule has 23 heavy (non-hydrogen) atoms. The van der Waals surface area contributed by atoms with Gasteiger partial charge in [0.25, 0.3) is 0 Å². The summed E-state index contributed by atoms with van der Waals surface area (Å²) < 4.78 is 39.9. The molecule has 2 aromatic heterocycles. The molecule has 122 valence electrons. The number of nitriles is 1. The summed E-state index contributed by atoms with van der Waals surface area (Å²) in [6, 6.07) is 3.68. The molecule has 7 nitrogen and oxygen atoms in total. The first-order chi connectivity index (χ1) is 10.8. The second-order valence-corrected chi connectivity index (χ2v) is 4.76. The van der Waals surface area contributed by atoms with Crippen molar-refractivity contribution in [2.45, 2.75) is 19.0 Å². The molecule has 0 saturated heterocycles. The van der Waals surface area contributed by atoms with Crippen molar-refractivity contribution < 1.29 is 13.2 Å².